The second-order valence-corrected chi connectivity index (χ2v) is 9.78. The zero-order valence-electron chi connectivity index (χ0n) is 20.0. The molecule has 37 heavy (non-hydrogen) atoms. The number of aromatic nitrogens is 2. The summed E-state index contributed by atoms with van der Waals surface area (Å²) < 4.78 is 8.31. The van der Waals surface area contributed by atoms with Crippen LogP contribution in [0.3, 0.4) is 0 Å². The lowest BCUT2D eigenvalue weighted by atomic mass is 9.97. The highest BCUT2D eigenvalue weighted by Gasteiger charge is 2.37. The summed E-state index contributed by atoms with van der Waals surface area (Å²) in [4.78, 5) is 19.9. The summed E-state index contributed by atoms with van der Waals surface area (Å²) in [5.74, 6) is 1.13. The molecule has 6 bridgehead atoms. The molecule has 184 valence electrons. The van der Waals surface area contributed by atoms with Gasteiger partial charge in [0, 0.05) is 30.9 Å². The molecule has 1 saturated heterocycles. The van der Waals surface area contributed by atoms with Crippen molar-refractivity contribution >= 4 is 17.5 Å². The minimum atomic E-state index is -0.332. The first-order chi connectivity index (χ1) is 18.1. The number of fused-ring (bicyclic) bond motifs is 7. The van der Waals surface area contributed by atoms with Gasteiger partial charge in [-0.25, -0.2) is 4.98 Å². The summed E-state index contributed by atoms with van der Waals surface area (Å²) in [7, 11) is 0. The monoisotopic (exact) mass is 509 g/mol. The molecule has 2 unspecified atom stereocenters. The van der Waals surface area contributed by atoms with Crippen molar-refractivity contribution < 1.29 is 9.53 Å². The number of nitrogens with one attached hydrogen (secondary N) is 1. The van der Waals surface area contributed by atoms with E-state index >= 15 is 0 Å². The summed E-state index contributed by atoms with van der Waals surface area (Å²) >= 11 is 6.37. The molecule has 1 fully saturated rings. The first kappa shape index (κ1) is 23.3. The van der Waals surface area contributed by atoms with Gasteiger partial charge in [0.05, 0.1) is 29.7 Å². The second-order valence-electron chi connectivity index (χ2n) is 9.34. The van der Waals surface area contributed by atoms with E-state index in [1.54, 1.807) is 12.4 Å². The minimum absolute atomic E-state index is 0.0476. The van der Waals surface area contributed by atoms with Gasteiger partial charge in [-0.2, -0.15) is 5.26 Å². The van der Waals surface area contributed by atoms with E-state index in [1.807, 2.05) is 76.3 Å². The van der Waals surface area contributed by atoms with Crippen molar-refractivity contribution in [3.05, 3.63) is 112 Å². The van der Waals surface area contributed by atoms with E-state index in [1.165, 1.54) is 0 Å². The number of benzene rings is 3. The van der Waals surface area contributed by atoms with E-state index < -0.39 is 0 Å². The van der Waals surface area contributed by atoms with Crippen molar-refractivity contribution in [1.82, 2.24) is 19.8 Å². The summed E-state index contributed by atoms with van der Waals surface area (Å²) in [6.07, 6.45) is 4.29. The lowest BCUT2D eigenvalue weighted by Crippen LogP contribution is -2.40. The van der Waals surface area contributed by atoms with Crippen molar-refractivity contribution in [2.75, 3.05) is 6.54 Å². The highest BCUT2D eigenvalue weighted by Crippen LogP contribution is 2.36. The number of amides is 1. The van der Waals surface area contributed by atoms with Crippen molar-refractivity contribution in [2.45, 2.75) is 31.6 Å². The van der Waals surface area contributed by atoms with E-state index in [0.29, 0.717) is 48.1 Å². The lowest BCUT2D eigenvalue weighted by Gasteiger charge is -2.30. The van der Waals surface area contributed by atoms with Gasteiger partial charge in [0.25, 0.3) is 0 Å². The SMILES string of the molecule is N#Cc1ccc2cc1Oc1cccc(c1)C(c1cccc(Cl)c1)N1CCC(NCc3cncn3C2)C1=O. The van der Waals surface area contributed by atoms with Crippen LogP contribution in [-0.4, -0.2) is 32.9 Å². The standard InChI is InChI=1S/C29H24ClN5O2/c30-23-5-1-3-20(12-23)28-21-4-2-6-25(13-21)37-27-11-19(7-8-22(27)14-31)17-34-18-32-15-24(34)16-33-26-9-10-35(28)29(26)36/h1-8,11-13,15,18,26,28,33H,9-10,16-17H2. The van der Waals surface area contributed by atoms with Gasteiger partial charge in [-0.3, -0.25) is 4.79 Å². The van der Waals surface area contributed by atoms with Gasteiger partial charge < -0.3 is 19.5 Å². The largest absolute Gasteiger partial charge is 0.456 e. The molecule has 4 aromatic rings. The molecule has 3 aromatic carbocycles. The third kappa shape index (κ3) is 4.57. The number of carbonyl (C=O) groups excluding carboxylic acids is 1. The fourth-order valence-electron chi connectivity index (χ4n) is 5.16. The van der Waals surface area contributed by atoms with Crippen LogP contribution in [0.15, 0.2) is 79.3 Å². The second kappa shape index (κ2) is 9.74. The van der Waals surface area contributed by atoms with E-state index in [0.717, 1.165) is 22.4 Å². The third-order valence-electron chi connectivity index (χ3n) is 6.97. The smallest absolute Gasteiger partial charge is 0.240 e. The van der Waals surface area contributed by atoms with E-state index in [-0.39, 0.29) is 18.0 Å². The fraction of sp³-hybridized carbons (Fsp3) is 0.207. The van der Waals surface area contributed by atoms with Crippen molar-refractivity contribution in [3.63, 3.8) is 0 Å². The maximum atomic E-state index is 13.7. The predicted molar refractivity (Wildman–Crippen MR) is 139 cm³/mol. The Hall–Kier alpha value is -4.12. The van der Waals surface area contributed by atoms with Gasteiger partial charge in [-0.05, 0) is 59.5 Å². The van der Waals surface area contributed by atoms with Gasteiger partial charge in [-0.15, -0.1) is 0 Å². The molecule has 1 amide bonds. The van der Waals surface area contributed by atoms with Crippen LogP contribution in [0.2, 0.25) is 5.02 Å². The molecule has 2 aliphatic heterocycles. The Bertz CT molecular complexity index is 1520. The number of hydrogen-bond donors (Lipinski definition) is 1. The summed E-state index contributed by atoms with van der Waals surface area (Å²) in [5.41, 5.74) is 4.25. The van der Waals surface area contributed by atoms with Crippen LogP contribution in [0, 0.1) is 11.3 Å². The molecule has 1 N–H and O–H groups in total. The molecule has 2 atom stereocenters. The highest BCUT2D eigenvalue weighted by molar-refractivity contribution is 6.30. The molecular formula is C29H24ClN5O2. The number of imidazole rings is 1. The topological polar surface area (TPSA) is 83.2 Å². The predicted octanol–water partition coefficient (Wildman–Crippen LogP) is 5.04. The molecule has 7 nitrogen and oxygen atoms in total. The number of rotatable bonds is 1. The Morgan fingerprint density at radius 1 is 1.08 bits per heavy atom. The maximum absolute atomic E-state index is 13.7. The van der Waals surface area contributed by atoms with Crippen LogP contribution in [0.4, 0.5) is 0 Å². The van der Waals surface area contributed by atoms with Crippen molar-refractivity contribution in [2.24, 2.45) is 0 Å². The molecule has 2 aliphatic rings. The number of nitriles is 1. The van der Waals surface area contributed by atoms with Crippen molar-refractivity contribution in [3.8, 4) is 17.6 Å². The molecule has 6 rings (SSSR count). The fourth-order valence-corrected chi connectivity index (χ4v) is 5.35. The first-order valence-electron chi connectivity index (χ1n) is 12.2. The summed E-state index contributed by atoms with van der Waals surface area (Å²) in [6, 6.07) is 22.6. The molecule has 0 radical (unpaired) electrons. The minimum Gasteiger partial charge on any atom is -0.456 e. The quantitative estimate of drug-likeness (QED) is 0.388. The Balaban J connectivity index is 1.48. The zero-order valence-corrected chi connectivity index (χ0v) is 20.7. The zero-order chi connectivity index (χ0) is 25.4. The molecule has 0 aliphatic carbocycles. The number of nitrogens with zero attached hydrogens (tertiary/aromatic N) is 4. The summed E-state index contributed by atoms with van der Waals surface area (Å²) in [5, 5.41) is 13.8. The highest BCUT2D eigenvalue weighted by atomic mass is 35.5. The molecule has 8 heteroatoms. The summed E-state index contributed by atoms with van der Waals surface area (Å²) in [6.45, 7) is 1.69. The van der Waals surface area contributed by atoms with Gasteiger partial charge in [0.2, 0.25) is 5.91 Å². The average molecular weight is 510 g/mol. The van der Waals surface area contributed by atoms with Crippen LogP contribution < -0.4 is 10.1 Å². The normalized spacial score (nSPS) is 19.1. The van der Waals surface area contributed by atoms with Gasteiger partial charge in [0.15, 0.2) is 0 Å². The third-order valence-corrected chi connectivity index (χ3v) is 7.20. The molecular weight excluding hydrogens is 486 g/mol. The number of halogens is 1. The Morgan fingerprint density at radius 2 is 1.92 bits per heavy atom. The van der Waals surface area contributed by atoms with Crippen LogP contribution in [0.1, 0.15) is 40.4 Å². The Labute approximate surface area is 219 Å². The van der Waals surface area contributed by atoms with Gasteiger partial charge in [0.1, 0.15) is 17.6 Å². The van der Waals surface area contributed by atoms with Crippen LogP contribution in [0.5, 0.6) is 11.5 Å². The van der Waals surface area contributed by atoms with E-state index in [4.69, 9.17) is 16.3 Å². The lowest BCUT2D eigenvalue weighted by molar-refractivity contribution is -0.130. The number of carbonyl (C=O) groups is 1. The van der Waals surface area contributed by atoms with E-state index in [2.05, 4.69) is 16.4 Å². The van der Waals surface area contributed by atoms with Crippen LogP contribution in [0.25, 0.3) is 0 Å². The van der Waals surface area contributed by atoms with Crippen LogP contribution in [-0.2, 0) is 17.9 Å². The van der Waals surface area contributed by atoms with Crippen LogP contribution >= 0.6 is 11.6 Å². The molecule has 0 spiro atoms. The average Bonchev–Trinajstić information content (AvgIpc) is 3.49. The Kier molecular flexibility index (Phi) is 6.13. The first-order valence-corrected chi connectivity index (χ1v) is 12.6. The molecule has 0 saturated carbocycles. The van der Waals surface area contributed by atoms with Crippen molar-refractivity contribution in [1.29, 1.82) is 5.26 Å². The number of ether oxygens (including phenoxy) is 1. The van der Waals surface area contributed by atoms with E-state index in [9.17, 15) is 10.1 Å². The van der Waals surface area contributed by atoms with Gasteiger partial charge in [-0.1, -0.05) is 41.9 Å². The number of hydrogen-bond acceptors (Lipinski definition) is 5. The molecule has 3 heterocycles. The van der Waals surface area contributed by atoms with Gasteiger partial charge >= 0.3 is 0 Å². The maximum Gasteiger partial charge on any atom is 0.240 e. The Morgan fingerprint density at radius 3 is 2.76 bits per heavy atom. The molecule has 1 aromatic heterocycles.